The lowest BCUT2D eigenvalue weighted by molar-refractivity contribution is 0.412. The van der Waals surface area contributed by atoms with Crippen LogP contribution in [0.1, 0.15) is 65.0 Å². The van der Waals surface area contributed by atoms with Gasteiger partial charge in [0.25, 0.3) is 0 Å². The smallest absolute Gasteiger partial charge is 0.0404 e. The Balaban J connectivity index is 3.03. The van der Waals surface area contributed by atoms with Gasteiger partial charge in [-0.2, -0.15) is 0 Å². The molecule has 0 aromatic heterocycles. The fourth-order valence-electron chi connectivity index (χ4n) is 2.12. The average molecular weight is 233 g/mol. The molecule has 2 N–H and O–H groups in total. The van der Waals surface area contributed by atoms with Gasteiger partial charge in [-0.15, -0.1) is 0 Å². The first-order chi connectivity index (χ1) is 7.89. The van der Waals surface area contributed by atoms with Crippen molar-refractivity contribution in [3.05, 3.63) is 35.4 Å². The van der Waals surface area contributed by atoms with Crippen LogP contribution in [0.4, 0.5) is 0 Å². The van der Waals surface area contributed by atoms with Gasteiger partial charge in [0.05, 0.1) is 0 Å². The Morgan fingerprint density at radius 2 is 1.24 bits per heavy atom. The molecule has 0 spiro atoms. The minimum Gasteiger partial charge on any atom is -0.321 e. The molecule has 1 rings (SSSR count). The molecule has 0 saturated heterocycles. The van der Waals surface area contributed by atoms with Gasteiger partial charge in [0.1, 0.15) is 0 Å². The van der Waals surface area contributed by atoms with E-state index in [0.29, 0.717) is 0 Å². The molecule has 0 atom stereocenters. The monoisotopic (exact) mass is 233 g/mol. The Morgan fingerprint density at radius 3 is 1.59 bits per heavy atom. The van der Waals surface area contributed by atoms with Crippen LogP contribution in [-0.4, -0.2) is 0 Å². The van der Waals surface area contributed by atoms with Gasteiger partial charge in [-0.1, -0.05) is 58.9 Å². The lowest BCUT2D eigenvalue weighted by Gasteiger charge is -2.29. The molecule has 0 fully saturated rings. The van der Waals surface area contributed by atoms with Crippen molar-refractivity contribution in [3.8, 4) is 0 Å². The highest BCUT2D eigenvalue weighted by Crippen LogP contribution is 2.30. The third-order valence-electron chi connectivity index (χ3n) is 4.39. The summed E-state index contributed by atoms with van der Waals surface area (Å²) in [6.07, 6.45) is 3.13. The highest BCUT2D eigenvalue weighted by Gasteiger charge is 2.24. The molecule has 0 aliphatic rings. The summed E-state index contributed by atoms with van der Waals surface area (Å²) >= 11 is 0. The number of hydrogen-bond donors (Lipinski definition) is 1. The molecule has 1 nitrogen and oxygen atoms in total. The van der Waals surface area contributed by atoms with Gasteiger partial charge >= 0.3 is 0 Å². The predicted molar refractivity (Wildman–Crippen MR) is 76.2 cm³/mol. The van der Waals surface area contributed by atoms with Crippen molar-refractivity contribution in [2.75, 3.05) is 0 Å². The lowest BCUT2D eigenvalue weighted by atomic mass is 9.79. The fraction of sp³-hybridized carbons (Fsp3) is 0.625. The van der Waals surface area contributed by atoms with Crippen LogP contribution in [0.3, 0.4) is 0 Å². The van der Waals surface area contributed by atoms with Gasteiger partial charge in [0, 0.05) is 5.54 Å². The number of nitrogens with two attached hydrogens (primary N) is 1. The lowest BCUT2D eigenvalue weighted by Crippen LogP contribution is -2.35. The van der Waals surface area contributed by atoms with Crippen LogP contribution in [0.5, 0.6) is 0 Å². The fourth-order valence-corrected chi connectivity index (χ4v) is 2.12. The average Bonchev–Trinajstić information content (AvgIpc) is 2.38. The third-order valence-corrected chi connectivity index (χ3v) is 4.39. The summed E-state index contributed by atoms with van der Waals surface area (Å²) < 4.78 is 0. The zero-order valence-electron chi connectivity index (χ0n) is 12.0. The zero-order valence-corrected chi connectivity index (χ0v) is 12.0. The highest BCUT2D eigenvalue weighted by molar-refractivity contribution is 5.31. The van der Waals surface area contributed by atoms with E-state index in [4.69, 9.17) is 5.73 Å². The molecule has 0 amide bonds. The van der Waals surface area contributed by atoms with Gasteiger partial charge in [0.2, 0.25) is 0 Å². The first-order valence-corrected chi connectivity index (χ1v) is 6.79. The van der Waals surface area contributed by atoms with Crippen LogP contribution in [0.25, 0.3) is 0 Å². The van der Waals surface area contributed by atoms with Crippen LogP contribution in [0.15, 0.2) is 24.3 Å². The van der Waals surface area contributed by atoms with Gasteiger partial charge in [-0.25, -0.2) is 0 Å². The van der Waals surface area contributed by atoms with Gasteiger partial charge in [-0.3, -0.25) is 0 Å². The Hall–Kier alpha value is -0.820. The van der Waals surface area contributed by atoms with Crippen molar-refractivity contribution >= 4 is 0 Å². The van der Waals surface area contributed by atoms with E-state index in [1.54, 1.807) is 0 Å². The van der Waals surface area contributed by atoms with Crippen molar-refractivity contribution in [1.29, 1.82) is 0 Å². The molecule has 1 aromatic carbocycles. The molecule has 17 heavy (non-hydrogen) atoms. The van der Waals surface area contributed by atoms with Crippen molar-refractivity contribution in [3.63, 3.8) is 0 Å². The summed E-state index contributed by atoms with van der Waals surface area (Å²) in [5, 5.41) is 0. The Morgan fingerprint density at radius 1 is 0.824 bits per heavy atom. The van der Waals surface area contributed by atoms with E-state index in [1.165, 1.54) is 11.1 Å². The van der Waals surface area contributed by atoms with E-state index >= 15 is 0 Å². The Bertz CT molecular complexity index is 344. The second-order valence-electron chi connectivity index (χ2n) is 5.68. The molecular formula is C16H27N. The maximum Gasteiger partial charge on any atom is 0.0404 e. The van der Waals surface area contributed by atoms with E-state index in [1.807, 2.05) is 0 Å². The topological polar surface area (TPSA) is 26.0 Å². The van der Waals surface area contributed by atoms with Crippen molar-refractivity contribution in [1.82, 2.24) is 0 Å². The van der Waals surface area contributed by atoms with E-state index in [0.717, 1.165) is 19.3 Å². The Kier molecular flexibility index (Phi) is 4.37. The Labute approximate surface area is 106 Å². The van der Waals surface area contributed by atoms with Crippen molar-refractivity contribution in [2.24, 2.45) is 5.73 Å². The second-order valence-corrected chi connectivity index (χ2v) is 5.68. The second kappa shape index (κ2) is 5.22. The first kappa shape index (κ1) is 14.2. The summed E-state index contributed by atoms with van der Waals surface area (Å²) in [4.78, 5) is 0. The summed E-state index contributed by atoms with van der Waals surface area (Å²) in [6, 6.07) is 8.90. The summed E-state index contributed by atoms with van der Waals surface area (Å²) in [5.41, 5.74) is 9.17. The first-order valence-electron chi connectivity index (χ1n) is 6.79. The molecular weight excluding hydrogens is 206 g/mol. The number of hydrogen-bond acceptors (Lipinski definition) is 1. The van der Waals surface area contributed by atoms with Crippen LogP contribution >= 0.6 is 0 Å². The van der Waals surface area contributed by atoms with E-state index < -0.39 is 0 Å². The van der Waals surface area contributed by atoms with Crippen LogP contribution in [0, 0.1) is 0 Å². The van der Waals surface area contributed by atoms with Gasteiger partial charge in [0.15, 0.2) is 0 Å². The van der Waals surface area contributed by atoms with E-state index in [9.17, 15) is 0 Å². The molecule has 0 aliphatic heterocycles. The number of rotatable bonds is 5. The van der Waals surface area contributed by atoms with E-state index in [2.05, 4.69) is 58.9 Å². The highest BCUT2D eigenvalue weighted by atomic mass is 14.7. The van der Waals surface area contributed by atoms with Crippen molar-refractivity contribution < 1.29 is 0 Å². The third kappa shape index (κ3) is 2.90. The summed E-state index contributed by atoms with van der Waals surface area (Å²) in [7, 11) is 0. The SMILES string of the molecule is CCC(C)(C)c1ccc(C(N)(CC)CC)cc1. The van der Waals surface area contributed by atoms with Crippen molar-refractivity contribution in [2.45, 2.75) is 64.8 Å². The zero-order chi connectivity index (χ0) is 13.1. The quantitative estimate of drug-likeness (QED) is 0.804. The minimum atomic E-state index is -0.158. The standard InChI is InChI=1S/C16H27N/c1-6-15(4,5)13-9-11-14(12-10-13)16(17,7-2)8-3/h9-12H,6-8,17H2,1-5H3. The molecule has 96 valence electrons. The maximum atomic E-state index is 6.41. The molecule has 1 heteroatoms. The largest absolute Gasteiger partial charge is 0.321 e. The molecule has 0 heterocycles. The van der Waals surface area contributed by atoms with Crippen LogP contribution in [-0.2, 0) is 11.0 Å². The molecule has 0 radical (unpaired) electrons. The molecule has 1 aromatic rings. The minimum absolute atomic E-state index is 0.158. The maximum absolute atomic E-state index is 6.41. The van der Waals surface area contributed by atoms with Gasteiger partial charge in [-0.05, 0) is 35.8 Å². The molecule has 0 bridgehead atoms. The summed E-state index contributed by atoms with van der Waals surface area (Å²) in [6.45, 7) is 11.1. The predicted octanol–water partition coefficient (Wildman–Crippen LogP) is 4.35. The molecule has 0 aliphatic carbocycles. The molecule has 0 unspecified atom stereocenters. The molecule has 0 saturated carbocycles. The van der Waals surface area contributed by atoms with Gasteiger partial charge < -0.3 is 5.73 Å². The summed E-state index contributed by atoms with van der Waals surface area (Å²) in [5.74, 6) is 0. The van der Waals surface area contributed by atoms with E-state index in [-0.39, 0.29) is 11.0 Å². The van der Waals surface area contributed by atoms with Crippen LogP contribution < -0.4 is 5.73 Å². The normalized spacial score (nSPS) is 12.8. The van der Waals surface area contributed by atoms with Crippen LogP contribution in [0.2, 0.25) is 0 Å². The number of benzene rings is 1.